The number of anilines is 2. The lowest BCUT2D eigenvalue weighted by atomic mass is 10.1. The van der Waals surface area contributed by atoms with E-state index in [2.05, 4.69) is 44.7 Å². The summed E-state index contributed by atoms with van der Waals surface area (Å²) in [5.74, 6) is 0. The van der Waals surface area contributed by atoms with Crippen LogP contribution >= 0.6 is 11.6 Å². The van der Waals surface area contributed by atoms with Gasteiger partial charge in [-0.15, -0.1) is 0 Å². The van der Waals surface area contributed by atoms with Gasteiger partial charge in [0.1, 0.15) is 0 Å². The maximum absolute atomic E-state index is 12.4. The quantitative estimate of drug-likeness (QED) is 0.698. The molecule has 0 saturated carbocycles. The monoisotopic (exact) mass is 442 g/mol. The zero-order valence-corrected chi connectivity index (χ0v) is 18.6. The van der Waals surface area contributed by atoms with Crippen molar-refractivity contribution in [3.8, 4) is 0 Å². The molecular formula is C24H31ClN4O2. The van der Waals surface area contributed by atoms with E-state index in [-0.39, 0.29) is 12.1 Å². The highest BCUT2D eigenvalue weighted by Crippen LogP contribution is 2.30. The Labute approximate surface area is 189 Å². The molecule has 0 radical (unpaired) electrons. The molecule has 6 nitrogen and oxygen atoms in total. The van der Waals surface area contributed by atoms with E-state index < -0.39 is 0 Å². The van der Waals surface area contributed by atoms with Crippen molar-refractivity contribution in [1.29, 1.82) is 0 Å². The molecular weight excluding hydrogens is 412 g/mol. The summed E-state index contributed by atoms with van der Waals surface area (Å²) in [6, 6.07) is 15.9. The van der Waals surface area contributed by atoms with Gasteiger partial charge in [-0.3, -0.25) is 4.90 Å². The predicted molar refractivity (Wildman–Crippen MR) is 126 cm³/mol. The van der Waals surface area contributed by atoms with Gasteiger partial charge in [-0.1, -0.05) is 41.9 Å². The molecule has 2 aliphatic rings. The third kappa shape index (κ3) is 6.35. The Morgan fingerprint density at radius 2 is 1.87 bits per heavy atom. The van der Waals surface area contributed by atoms with Crippen LogP contribution < -0.4 is 15.5 Å². The summed E-state index contributed by atoms with van der Waals surface area (Å²) in [6.45, 7) is 5.82. The van der Waals surface area contributed by atoms with Crippen LogP contribution in [0.15, 0.2) is 48.5 Å². The number of hydrogen-bond donors (Lipinski definition) is 2. The van der Waals surface area contributed by atoms with Crippen LogP contribution in [0.4, 0.5) is 16.2 Å². The largest absolute Gasteiger partial charge is 0.374 e. The molecule has 31 heavy (non-hydrogen) atoms. The van der Waals surface area contributed by atoms with E-state index in [1.807, 2.05) is 24.3 Å². The maximum Gasteiger partial charge on any atom is 0.319 e. The van der Waals surface area contributed by atoms with Crippen molar-refractivity contribution in [2.45, 2.75) is 31.9 Å². The first kappa shape index (κ1) is 21.9. The van der Waals surface area contributed by atoms with Crippen LogP contribution in [0.3, 0.4) is 0 Å². The van der Waals surface area contributed by atoms with Crippen LogP contribution in [0.2, 0.25) is 5.02 Å². The molecule has 4 rings (SSSR count). The highest BCUT2D eigenvalue weighted by Gasteiger charge is 2.21. The average Bonchev–Trinajstić information content (AvgIpc) is 2.79. The SMILES string of the molecule is O=C(NCC1CN(Cc2ccccc2)CCO1)Nc1ccc(N2CCCCC2)c(Cl)c1. The van der Waals surface area contributed by atoms with Crippen molar-refractivity contribution in [2.24, 2.45) is 0 Å². The van der Waals surface area contributed by atoms with Gasteiger partial charge in [0.05, 0.1) is 23.4 Å². The molecule has 2 N–H and O–H groups in total. The molecule has 0 aromatic heterocycles. The number of rotatable bonds is 6. The molecule has 2 heterocycles. The van der Waals surface area contributed by atoms with Crippen molar-refractivity contribution in [3.05, 3.63) is 59.1 Å². The van der Waals surface area contributed by atoms with Crippen LogP contribution in [0.25, 0.3) is 0 Å². The summed E-state index contributed by atoms with van der Waals surface area (Å²) in [5, 5.41) is 6.48. The topological polar surface area (TPSA) is 56.8 Å². The van der Waals surface area contributed by atoms with E-state index in [0.29, 0.717) is 23.9 Å². The molecule has 2 aromatic rings. The van der Waals surface area contributed by atoms with E-state index in [9.17, 15) is 4.79 Å². The highest BCUT2D eigenvalue weighted by molar-refractivity contribution is 6.33. The van der Waals surface area contributed by atoms with E-state index in [4.69, 9.17) is 16.3 Å². The zero-order chi connectivity index (χ0) is 21.5. The van der Waals surface area contributed by atoms with Gasteiger partial charge >= 0.3 is 6.03 Å². The normalized spacial score (nSPS) is 19.8. The van der Waals surface area contributed by atoms with Crippen molar-refractivity contribution in [3.63, 3.8) is 0 Å². The van der Waals surface area contributed by atoms with E-state index in [0.717, 1.165) is 38.4 Å². The maximum atomic E-state index is 12.4. The number of hydrogen-bond acceptors (Lipinski definition) is 4. The summed E-state index contributed by atoms with van der Waals surface area (Å²) >= 11 is 6.49. The molecule has 7 heteroatoms. The molecule has 2 aromatic carbocycles. The average molecular weight is 443 g/mol. The van der Waals surface area contributed by atoms with Crippen LogP contribution in [-0.2, 0) is 11.3 Å². The van der Waals surface area contributed by atoms with Crippen LogP contribution in [0.1, 0.15) is 24.8 Å². The molecule has 2 aliphatic heterocycles. The first-order valence-corrected chi connectivity index (χ1v) is 11.5. The molecule has 1 atom stereocenters. The van der Waals surface area contributed by atoms with Gasteiger partial charge < -0.3 is 20.3 Å². The number of piperidine rings is 1. The number of amides is 2. The number of carbonyl (C=O) groups is 1. The van der Waals surface area contributed by atoms with E-state index in [1.165, 1.54) is 24.8 Å². The second-order valence-corrected chi connectivity index (χ2v) is 8.67. The van der Waals surface area contributed by atoms with Gasteiger partial charge in [0.15, 0.2) is 0 Å². The van der Waals surface area contributed by atoms with Crippen molar-refractivity contribution >= 4 is 29.0 Å². The van der Waals surface area contributed by atoms with E-state index >= 15 is 0 Å². The van der Waals surface area contributed by atoms with Gasteiger partial charge in [0.2, 0.25) is 0 Å². The second-order valence-electron chi connectivity index (χ2n) is 8.26. The summed E-state index contributed by atoms with van der Waals surface area (Å²) in [5.41, 5.74) is 3.03. The number of ether oxygens (including phenoxy) is 1. The smallest absolute Gasteiger partial charge is 0.319 e. The highest BCUT2D eigenvalue weighted by atomic mass is 35.5. The lowest BCUT2D eigenvalue weighted by molar-refractivity contribution is -0.0285. The molecule has 0 bridgehead atoms. The number of morpholine rings is 1. The number of nitrogens with zero attached hydrogens (tertiary/aromatic N) is 2. The molecule has 2 saturated heterocycles. The Hall–Kier alpha value is -2.28. The van der Waals surface area contributed by atoms with Crippen molar-refractivity contribution in [1.82, 2.24) is 10.2 Å². The summed E-state index contributed by atoms with van der Waals surface area (Å²) < 4.78 is 5.84. The minimum Gasteiger partial charge on any atom is -0.374 e. The fourth-order valence-electron chi connectivity index (χ4n) is 4.25. The van der Waals surface area contributed by atoms with Crippen LogP contribution in [-0.4, -0.2) is 56.4 Å². The Balaban J connectivity index is 1.24. The number of carbonyl (C=O) groups excluding carboxylic acids is 1. The Morgan fingerprint density at radius 1 is 1.06 bits per heavy atom. The van der Waals surface area contributed by atoms with Gasteiger partial charge in [-0.2, -0.15) is 0 Å². The summed E-state index contributed by atoms with van der Waals surface area (Å²) in [6.07, 6.45) is 3.66. The Bertz CT molecular complexity index is 858. The molecule has 0 aliphatic carbocycles. The van der Waals surface area contributed by atoms with Gasteiger partial charge in [0.25, 0.3) is 0 Å². The lowest BCUT2D eigenvalue weighted by Gasteiger charge is -2.33. The first-order chi connectivity index (χ1) is 15.2. The number of benzene rings is 2. The zero-order valence-electron chi connectivity index (χ0n) is 17.9. The third-order valence-electron chi connectivity index (χ3n) is 5.86. The predicted octanol–water partition coefficient (Wildman–Crippen LogP) is 4.35. The number of urea groups is 1. The fraction of sp³-hybridized carbons (Fsp3) is 0.458. The number of halogens is 1. The molecule has 166 valence electrons. The molecule has 2 fully saturated rings. The van der Waals surface area contributed by atoms with E-state index in [1.54, 1.807) is 0 Å². The minimum absolute atomic E-state index is 0.0201. The summed E-state index contributed by atoms with van der Waals surface area (Å²) in [4.78, 5) is 17.1. The Morgan fingerprint density at radius 3 is 2.65 bits per heavy atom. The second kappa shape index (κ2) is 10.8. The first-order valence-electron chi connectivity index (χ1n) is 11.1. The van der Waals surface area contributed by atoms with Gasteiger partial charge in [0, 0.05) is 45.0 Å². The van der Waals surface area contributed by atoms with Crippen molar-refractivity contribution in [2.75, 3.05) is 49.5 Å². The Kier molecular flexibility index (Phi) is 7.67. The van der Waals surface area contributed by atoms with Crippen LogP contribution in [0, 0.1) is 0 Å². The third-order valence-corrected chi connectivity index (χ3v) is 6.17. The van der Waals surface area contributed by atoms with Gasteiger partial charge in [-0.05, 0) is 43.0 Å². The van der Waals surface area contributed by atoms with Crippen LogP contribution in [0.5, 0.6) is 0 Å². The minimum atomic E-state index is -0.245. The lowest BCUT2D eigenvalue weighted by Crippen LogP contribution is -2.47. The standard InChI is InChI=1S/C24H31ClN4O2/c25-22-15-20(9-10-23(22)29-11-5-2-6-12-29)27-24(30)26-16-21-18-28(13-14-31-21)17-19-7-3-1-4-8-19/h1,3-4,7-10,15,21H,2,5-6,11-14,16-18H2,(H2,26,27,30). The molecule has 1 unspecified atom stereocenters. The number of nitrogens with one attached hydrogen (secondary N) is 2. The van der Waals surface area contributed by atoms with Crippen molar-refractivity contribution < 1.29 is 9.53 Å². The molecule has 2 amide bonds. The van der Waals surface area contributed by atoms with Gasteiger partial charge in [-0.25, -0.2) is 4.79 Å². The fourth-order valence-corrected chi connectivity index (χ4v) is 4.55. The molecule has 0 spiro atoms. The summed E-state index contributed by atoms with van der Waals surface area (Å²) in [7, 11) is 0.